The molecular weight excluding hydrogens is 368 g/mol. The molecule has 2 rings (SSSR count). The van der Waals surface area contributed by atoms with E-state index in [9.17, 15) is 18.0 Å². The van der Waals surface area contributed by atoms with Gasteiger partial charge in [-0.05, 0) is 55.8 Å². The van der Waals surface area contributed by atoms with Crippen LogP contribution in [0.5, 0.6) is 0 Å². The average molecular weight is 390 g/mol. The minimum atomic E-state index is -3.73. The first-order valence-corrected chi connectivity index (χ1v) is 9.99. The highest BCUT2D eigenvalue weighted by Gasteiger charge is 2.15. The van der Waals surface area contributed by atoms with E-state index in [4.69, 9.17) is 4.74 Å². The van der Waals surface area contributed by atoms with Crippen molar-refractivity contribution < 1.29 is 22.7 Å². The summed E-state index contributed by atoms with van der Waals surface area (Å²) in [6.07, 6.45) is 0. The summed E-state index contributed by atoms with van der Waals surface area (Å²) in [4.78, 5) is 23.4. The van der Waals surface area contributed by atoms with E-state index in [1.165, 1.54) is 24.3 Å². The summed E-state index contributed by atoms with van der Waals surface area (Å²) < 4.78 is 32.1. The number of carbonyl (C=O) groups is 2. The second kappa shape index (κ2) is 9.29. The Morgan fingerprint density at radius 2 is 1.52 bits per heavy atom. The fourth-order valence-corrected chi connectivity index (χ4v) is 3.30. The third-order valence-corrected chi connectivity index (χ3v) is 5.11. The number of ether oxygens (including phenoxy) is 1. The lowest BCUT2D eigenvalue weighted by Gasteiger charge is -2.08. The van der Waals surface area contributed by atoms with E-state index in [-0.39, 0.29) is 29.5 Å². The Bertz CT molecular complexity index is 891. The highest BCUT2D eigenvalue weighted by Crippen LogP contribution is 2.13. The number of hydrogen-bond donors (Lipinski definition) is 2. The maximum absolute atomic E-state index is 12.4. The van der Waals surface area contributed by atoms with Crippen LogP contribution in [0.25, 0.3) is 0 Å². The fourth-order valence-electron chi connectivity index (χ4n) is 2.28. The second-order valence-corrected chi connectivity index (χ2v) is 7.39. The largest absolute Gasteiger partial charge is 0.462 e. The molecule has 0 saturated carbocycles. The van der Waals surface area contributed by atoms with E-state index in [0.717, 1.165) is 5.56 Å². The zero-order chi connectivity index (χ0) is 19.9. The zero-order valence-corrected chi connectivity index (χ0v) is 16.0. The molecule has 2 aromatic rings. The number of hydrogen-bond acceptors (Lipinski definition) is 5. The molecule has 0 aliphatic heterocycles. The molecule has 0 unspecified atom stereocenters. The molecule has 1 amide bonds. The van der Waals surface area contributed by atoms with Crippen molar-refractivity contribution in [3.05, 3.63) is 65.2 Å². The van der Waals surface area contributed by atoms with Gasteiger partial charge in [-0.1, -0.05) is 12.1 Å². The van der Waals surface area contributed by atoms with Crippen LogP contribution < -0.4 is 10.0 Å². The minimum absolute atomic E-state index is 0.0505. The van der Waals surface area contributed by atoms with E-state index in [2.05, 4.69) is 10.0 Å². The zero-order valence-electron chi connectivity index (χ0n) is 15.2. The van der Waals surface area contributed by atoms with Crippen molar-refractivity contribution >= 4 is 21.9 Å². The summed E-state index contributed by atoms with van der Waals surface area (Å²) in [5.74, 6) is -0.673. The first-order chi connectivity index (χ1) is 12.9. The van der Waals surface area contributed by atoms with Gasteiger partial charge in [-0.15, -0.1) is 0 Å². The van der Waals surface area contributed by atoms with Crippen molar-refractivity contribution in [3.8, 4) is 0 Å². The maximum atomic E-state index is 12.4. The summed E-state index contributed by atoms with van der Waals surface area (Å²) in [5.41, 5.74) is 1.52. The molecule has 2 N–H and O–H groups in total. The van der Waals surface area contributed by atoms with Crippen LogP contribution in [0.4, 0.5) is 0 Å². The number of sulfonamides is 1. The summed E-state index contributed by atoms with van der Waals surface area (Å²) in [7, 11) is -3.73. The molecule has 27 heavy (non-hydrogen) atoms. The maximum Gasteiger partial charge on any atom is 0.338 e. The van der Waals surface area contributed by atoms with E-state index in [1.807, 2.05) is 6.92 Å². The number of esters is 1. The molecule has 2 aromatic carbocycles. The van der Waals surface area contributed by atoms with Crippen LogP contribution in [0.1, 0.15) is 40.1 Å². The minimum Gasteiger partial charge on any atom is -0.462 e. The highest BCUT2D eigenvalue weighted by atomic mass is 32.2. The normalized spacial score (nSPS) is 11.0. The van der Waals surface area contributed by atoms with E-state index >= 15 is 0 Å². The quantitative estimate of drug-likeness (QED) is 0.672. The molecule has 0 radical (unpaired) electrons. The molecule has 0 aromatic heterocycles. The smallest absolute Gasteiger partial charge is 0.338 e. The SMILES string of the molecule is CCNC(=O)c1ccc(CNS(=O)(=O)c2ccc(C(=O)OCC)cc2)cc1. The number of carbonyl (C=O) groups excluding carboxylic acids is 2. The third-order valence-electron chi connectivity index (χ3n) is 3.70. The van der Waals surface area contributed by atoms with Crippen LogP contribution in [-0.4, -0.2) is 33.4 Å². The van der Waals surface area contributed by atoms with Gasteiger partial charge in [-0.2, -0.15) is 0 Å². The lowest BCUT2D eigenvalue weighted by atomic mass is 10.1. The van der Waals surface area contributed by atoms with E-state index < -0.39 is 16.0 Å². The predicted octanol–water partition coefficient (Wildman–Crippen LogP) is 2.09. The van der Waals surface area contributed by atoms with Crippen LogP contribution in [-0.2, 0) is 21.3 Å². The highest BCUT2D eigenvalue weighted by molar-refractivity contribution is 7.89. The average Bonchev–Trinajstić information content (AvgIpc) is 2.67. The van der Waals surface area contributed by atoms with Gasteiger partial charge in [0.1, 0.15) is 0 Å². The lowest BCUT2D eigenvalue weighted by molar-refractivity contribution is 0.0526. The van der Waals surface area contributed by atoms with Crippen LogP contribution in [0.2, 0.25) is 0 Å². The Balaban J connectivity index is 2.02. The summed E-state index contributed by atoms with van der Waals surface area (Å²) in [5, 5.41) is 2.70. The first kappa shape index (κ1) is 20.6. The Hall–Kier alpha value is -2.71. The van der Waals surface area contributed by atoms with Gasteiger partial charge in [0.15, 0.2) is 0 Å². The fraction of sp³-hybridized carbons (Fsp3) is 0.263. The number of nitrogens with one attached hydrogen (secondary N) is 2. The Kier molecular flexibility index (Phi) is 7.09. The summed E-state index contributed by atoms with van der Waals surface area (Å²) >= 11 is 0. The van der Waals surface area contributed by atoms with Gasteiger partial charge in [-0.25, -0.2) is 17.9 Å². The van der Waals surface area contributed by atoms with Gasteiger partial charge < -0.3 is 10.1 Å². The van der Waals surface area contributed by atoms with Crippen molar-refractivity contribution in [3.63, 3.8) is 0 Å². The van der Waals surface area contributed by atoms with Gasteiger partial charge >= 0.3 is 5.97 Å². The Morgan fingerprint density at radius 1 is 0.926 bits per heavy atom. The first-order valence-electron chi connectivity index (χ1n) is 8.51. The van der Waals surface area contributed by atoms with Crippen LogP contribution in [0.15, 0.2) is 53.4 Å². The number of rotatable bonds is 8. The molecule has 8 heteroatoms. The van der Waals surface area contributed by atoms with Crippen LogP contribution in [0, 0.1) is 0 Å². The standard InChI is InChI=1S/C19H22N2O5S/c1-3-20-18(22)15-7-5-14(6-8-15)13-21-27(24,25)17-11-9-16(10-12-17)19(23)26-4-2/h5-12,21H,3-4,13H2,1-2H3,(H,20,22). The van der Waals surface area contributed by atoms with E-state index in [0.29, 0.717) is 12.1 Å². The topological polar surface area (TPSA) is 102 Å². The van der Waals surface area contributed by atoms with Crippen molar-refractivity contribution in [2.75, 3.05) is 13.2 Å². The lowest BCUT2D eigenvalue weighted by Crippen LogP contribution is -2.24. The number of benzene rings is 2. The van der Waals surface area contributed by atoms with Crippen molar-refractivity contribution in [1.82, 2.24) is 10.0 Å². The van der Waals surface area contributed by atoms with Crippen molar-refractivity contribution in [2.24, 2.45) is 0 Å². The van der Waals surface area contributed by atoms with Crippen molar-refractivity contribution in [1.29, 1.82) is 0 Å². The van der Waals surface area contributed by atoms with Crippen LogP contribution >= 0.6 is 0 Å². The Labute approximate surface area is 158 Å². The summed E-state index contributed by atoms with van der Waals surface area (Å²) in [6.45, 7) is 4.40. The van der Waals surface area contributed by atoms with Gasteiger partial charge in [0.2, 0.25) is 10.0 Å². The third kappa shape index (κ3) is 5.63. The second-order valence-electron chi connectivity index (χ2n) is 5.63. The predicted molar refractivity (Wildman–Crippen MR) is 101 cm³/mol. The van der Waals surface area contributed by atoms with Gasteiger partial charge in [0, 0.05) is 18.7 Å². The molecule has 0 fully saturated rings. The molecule has 0 atom stereocenters. The molecule has 0 aliphatic rings. The molecule has 0 saturated heterocycles. The molecule has 0 bridgehead atoms. The summed E-state index contributed by atoms with van der Waals surface area (Å²) in [6, 6.07) is 12.2. The molecule has 0 spiro atoms. The molecule has 7 nitrogen and oxygen atoms in total. The van der Waals surface area contributed by atoms with Gasteiger partial charge in [0.25, 0.3) is 5.91 Å². The molecule has 0 aliphatic carbocycles. The van der Waals surface area contributed by atoms with Crippen molar-refractivity contribution in [2.45, 2.75) is 25.3 Å². The van der Waals surface area contributed by atoms with Gasteiger partial charge in [-0.3, -0.25) is 4.79 Å². The number of amides is 1. The molecule has 144 valence electrons. The molecular formula is C19H22N2O5S. The van der Waals surface area contributed by atoms with E-state index in [1.54, 1.807) is 31.2 Å². The monoisotopic (exact) mass is 390 g/mol. The van der Waals surface area contributed by atoms with Gasteiger partial charge in [0.05, 0.1) is 17.1 Å². The Morgan fingerprint density at radius 3 is 2.07 bits per heavy atom. The van der Waals surface area contributed by atoms with Crippen LogP contribution in [0.3, 0.4) is 0 Å². The molecule has 0 heterocycles.